The van der Waals surface area contributed by atoms with E-state index in [2.05, 4.69) is 26.1 Å². The summed E-state index contributed by atoms with van der Waals surface area (Å²) in [5, 5.41) is 2.98. The lowest BCUT2D eigenvalue weighted by molar-refractivity contribution is -0.121. The molecule has 1 N–H and O–H groups in total. The first-order valence-electron chi connectivity index (χ1n) is 6.97. The molecular weight excluding hydrogens is 234 g/mol. The molecule has 0 aromatic carbocycles. The Labute approximate surface area is 111 Å². The fourth-order valence-corrected chi connectivity index (χ4v) is 2.23. The Balaban J connectivity index is 3.40. The van der Waals surface area contributed by atoms with Gasteiger partial charge in [-0.05, 0) is 18.8 Å². The number of alkyl halides is 1. The summed E-state index contributed by atoms with van der Waals surface area (Å²) in [6.07, 6.45) is 7.54. The van der Waals surface area contributed by atoms with Crippen LogP contribution in [0.4, 0.5) is 0 Å². The van der Waals surface area contributed by atoms with Crippen molar-refractivity contribution in [2.24, 2.45) is 5.92 Å². The summed E-state index contributed by atoms with van der Waals surface area (Å²) in [5.74, 6) is 0.736. The van der Waals surface area contributed by atoms with Gasteiger partial charge in [0.05, 0.1) is 5.38 Å². The van der Waals surface area contributed by atoms with Crippen molar-refractivity contribution in [1.29, 1.82) is 0 Å². The van der Waals surface area contributed by atoms with Gasteiger partial charge in [-0.2, -0.15) is 0 Å². The first-order valence-corrected chi connectivity index (χ1v) is 7.40. The molecule has 0 aliphatic rings. The summed E-state index contributed by atoms with van der Waals surface area (Å²) in [5.41, 5.74) is 0. The molecule has 3 heteroatoms. The number of nitrogens with one attached hydrogen (secondary N) is 1. The van der Waals surface area contributed by atoms with Gasteiger partial charge in [-0.3, -0.25) is 4.79 Å². The second-order valence-electron chi connectivity index (χ2n) is 5.20. The number of carbonyl (C=O) groups excluding carboxylic acids is 1. The van der Waals surface area contributed by atoms with Crippen molar-refractivity contribution in [1.82, 2.24) is 5.32 Å². The number of halogens is 1. The van der Waals surface area contributed by atoms with Gasteiger partial charge in [0.2, 0.25) is 5.91 Å². The average molecular weight is 262 g/mol. The van der Waals surface area contributed by atoms with Crippen LogP contribution in [0, 0.1) is 5.92 Å². The lowest BCUT2D eigenvalue weighted by Gasteiger charge is -2.12. The van der Waals surface area contributed by atoms with Crippen LogP contribution in [0.15, 0.2) is 0 Å². The minimum atomic E-state index is 0.0686. The summed E-state index contributed by atoms with van der Waals surface area (Å²) in [7, 11) is 0. The highest BCUT2D eigenvalue weighted by Gasteiger charge is 2.08. The van der Waals surface area contributed by atoms with Crippen LogP contribution in [-0.4, -0.2) is 17.8 Å². The molecule has 0 aromatic rings. The maximum Gasteiger partial charge on any atom is 0.220 e. The number of rotatable bonds is 10. The standard InChI is InChI=1S/C14H28ClNO/c1-4-5-6-7-8-9-14(17)16-11-13(15)10-12(2)3/h12-13H,4-11H2,1-3H3,(H,16,17). The highest BCUT2D eigenvalue weighted by molar-refractivity contribution is 6.20. The highest BCUT2D eigenvalue weighted by Crippen LogP contribution is 2.10. The lowest BCUT2D eigenvalue weighted by atomic mass is 10.1. The normalized spacial score (nSPS) is 12.8. The first-order chi connectivity index (χ1) is 8.06. The van der Waals surface area contributed by atoms with Crippen molar-refractivity contribution in [2.45, 2.75) is 71.1 Å². The van der Waals surface area contributed by atoms with E-state index >= 15 is 0 Å². The fourth-order valence-electron chi connectivity index (χ4n) is 1.80. The van der Waals surface area contributed by atoms with Crippen LogP contribution in [0.5, 0.6) is 0 Å². The van der Waals surface area contributed by atoms with E-state index in [1.165, 1.54) is 19.3 Å². The van der Waals surface area contributed by atoms with Gasteiger partial charge >= 0.3 is 0 Å². The van der Waals surface area contributed by atoms with Gasteiger partial charge in [0.15, 0.2) is 0 Å². The Bertz CT molecular complexity index is 195. The van der Waals surface area contributed by atoms with Gasteiger partial charge in [0, 0.05) is 13.0 Å². The van der Waals surface area contributed by atoms with Crippen LogP contribution in [0.25, 0.3) is 0 Å². The second-order valence-corrected chi connectivity index (χ2v) is 5.81. The first kappa shape index (κ1) is 16.8. The SMILES string of the molecule is CCCCCCCC(=O)NCC(Cl)CC(C)C. The zero-order valence-electron chi connectivity index (χ0n) is 11.6. The molecule has 0 rings (SSSR count). The topological polar surface area (TPSA) is 29.1 Å². The summed E-state index contributed by atoms with van der Waals surface area (Å²) in [6.45, 7) is 7.09. The van der Waals surface area contributed by atoms with E-state index < -0.39 is 0 Å². The van der Waals surface area contributed by atoms with E-state index in [9.17, 15) is 4.79 Å². The van der Waals surface area contributed by atoms with E-state index in [-0.39, 0.29) is 11.3 Å². The van der Waals surface area contributed by atoms with Crippen LogP contribution in [0.2, 0.25) is 0 Å². The molecule has 102 valence electrons. The Kier molecular flexibility index (Phi) is 10.7. The Morgan fingerprint density at radius 1 is 1.18 bits per heavy atom. The van der Waals surface area contributed by atoms with Crippen molar-refractivity contribution in [3.63, 3.8) is 0 Å². The van der Waals surface area contributed by atoms with Crippen molar-refractivity contribution in [3.05, 3.63) is 0 Å². The summed E-state index contributed by atoms with van der Waals surface area (Å²) in [4.78, 5) is 11.5. The molecule has 0 aromatic heterocycles. The number of hydrogen-bond acceptors (Lipinski definition) is 1. The quantitative estimate of drug-likeness (QED) is 0.465. The van der Waals surface area contributed by atoms with E-state index in [4.69, 9.17) is 11.6 Å². The van der Waals surface area contributed by atoms with Gasteiger partial charge in [0.25, 0.3) is 0 Å². The Hall–Kier alpha value is -0.240. The number of carbonyl (C=O) groups is 1. The van der Waals surface area contributed by atoms with Crippen LogP contribution < -0.4 is 5.32 Å². The van der Waals surface area contributed by atoms with Crippen molar-refractivity contribution in [2.75, 3.05) is 6.54 Å². The molecule has 2 nitrogen and oxygen atoms in total. The molecule has 1 atom stereocenters. The van der Waals surface area contributed by atoms with Crippen molar-refractivity contribution < 1.29 is 4.79 Å². The summed E-state index contributed by atoms with van der Waals surface area (Å²) in [6, 6.07) is 0. The van der Waals surface area contributed by atoms with Crippen molar-refractivity contribution in [3.8, 4) is 0 Å². The third-order valence-electron chi connectivity index (χ3n) is 2.76. The molecule has 0 radical (unpaired) electrons. The smallest absolute Gasteiger partial charge is 0.220 e. The zero-order valence-corrected chi connectivity index (χ0v) is 12.4. The minimum absolute atomic E-state index is 0.0686. The van der Waals surface area contributed by atoms with Gasteiger partial charge in [-0.25, -0.2) is 0 Å². The summed E-state index contributed by atoms with van der Waals surface area (Å²) < 4.78 is 0. The van der Waals surface area contributed by atoms with E-state index in [1.807, 2.05) is 0 Å². The third-order valence-corrected chi connectivity index (χ3v) is 3.09. The third kappa shape index (κ3) is 12.0. The number of unbranched alkanes of at least 4 members (excludes halogenated alkanes) is 4. The number of amides is 1. The fraction of sp³-hybridized carbons (Fsp3) is 0.929. The molecule has 1 amide bonds. The molecule has 1 unspecified atom stereocenters. The zero-order chi connectivity index (χ0) is 13.1. The highest BCUT2D eigenvalue weighted by atomic mass is 35.5. The number of hydrogen-bond donors (Lipinski definition) is 1. The minimum Gasteiger partial charge on any atom is -0.355 e. The molecule has 0 heterocycles. The maximum absolute atomic E-state index is 11.5. The van der Waals surface area contributed by atoms with E-state index in [0.29, 0.717) is 18.9 Å². The predicted molar refractivity (Wildman–Crippen MR) is 75.5 cm³/mol. The molecule has 0 bridgehead atoms. The van der Waals surface area contributed by atoms with E-state index in [1.54, 1.807) is 0 Å². The van der Waals surface area contributed by atoms with Gasteiger partial charge in [-0.15, -0.1) is 11.6 Å². The Morgan fingerprint density at radius 2 is 1.82 bits per heavy atom. The van der Waals surface area contributed by atoms with Crippen LogP contribution in [0.3, 0.4) is 0 Å². The van der Waals surface area contributed by atoms with Gasteiger partial charge in [0.1, 0.15) is 0 Å². The predicted octanol–water partition coefficient (Wildman–Crippen LogP) is 4.12. The van der Waals surface area contributed by atoms with Crippen LogP contribution >= 0.6 is 11.6 Å². The van der Waals surface area contributed by atoms with Crippen LogP contribution in [0.1, 0.15) is 65.7 Å². The van der Waals surface area contributed by atoms with Gasteiger partial charge in [-0.1, -0.05) is 46.5 Å². The van der Waals surface area contributed by atoms with Crippen molar-refractivity contribution >= 4 is 17.5 Å². The maximum atomic E-state index is 11.5. The van der Waals surface area contributed by atoms with Crippen LogP contribution in [-0.2, 0) is 4.79 Å². The summed E-state index contributed by atoms with van der Waals surface area (Å²) >= 11 is 6.11. The van der Waals surface area contributed by atoms with E-state index in [0.717, 1.165) is 19.3 Å². The Morgan fingerprint density at radius 3 is 2.41 bits per heavy atom. The van der Waals surface area contributed by atoms with Gasteiger partial charge < -0.3 is 5.32 Å². The molecule has 0 saturated heterocycles. The molecule has 0 aliphatic heterocycles. The molecule has 17 heavy (non-hydrogen) atoms. The molecule has 0 aliphatic carbocycles. The molecule has 0 spiro atoms. The lowest BCUT2D eigenvalue weighted by Crippen LogP contribution is -2.30. The largest absolute Gasteiger partial charge is 0.355 e. The monoisotopic (exact) mass is 261 g/mol. The molecular formula is C14H28ClNO. The second kappa shape index (κ2) is 10.9. The average Bonchev–Trinajstić information content (AvgIpc) is 2.25. The molecule has 0 fully saturated rings. The molecule has 0 saturated carbocycles.